The summed E-state index contributed by atoms with van der Waals surface area (Å²) < 4.78 is 45.7. The van der Waals surface area contributed by atoms with Gasteiger partial charge >= 0.3 is 6.18 Å². The second-order valence-electron chi connectivity index (χ2n) is 8.27. The van der Waals surface area contributed by atoms with Gasteiger partial charge < -0.3 is 10.1 Å². The predicted octanol–water partition coefficient (Wildman–Crippen LogP) is 7.36. The molecule has 0 unspecified atom stereocenters. The Morgan fingerprint density at radius 3 is 2.45 bits per heavy atom. The van der Waals surface area contributed by atoms with Gasteiger partial charge in [0.1, 0.15) is 18.9 Å². The quantitative estimate of drug-likeness (QED) is 0.260. The molecule has 1 fully saturated rings. The van der Waals surface area contributed by atoms with E-state index >= 15 is 0 Å². The number of imide groups is 1. The number of benzene rings is 3. The molecule has 7 nitrogen and oxygen atoms in total. The minimum absolute atomic E-state index is 0.0623. The van der Waals surface area contributed by atoms with E-state index in [1.165, 1.54) is 12.1 Å². The molecule has 0 aliphatic carbocycles. The number of anilines is 1. The first kappa shape index (κ1) is 29.4. The SMILES string of the molecule is N#Cc1ccccc1COc1c(Br)cc(/C=C2\SC(=O)N(CC(=O)Nc3cccc(C(F)(F)F)c3)C2=O)cc1Br. The highest BCUT2D eigenvalue weighted by Crippen LogP contribution is 2.38. The Morgan fingerprint density at radius 1 is 1.07 bits per heavy atom. The molecule has 3 amide bonds. The summed E-state index contributed by atoms with van der Waals surface area (Å²) in [7, 11) is 0. The van der Waals surface area contributed by atoms with Crippen LogP contribution in [0.4, 0.5) is 23.7 Å². The number of nitrogens with zero attached hydrogens (tertiary/aromatic N) is 2. The average Bonchev–Trinajstić information content (AvgIpc) is 3.15. The van der Waals surface area contributed by atoms with Crippen molar-refractivity contribution in [2.24, 2.45) is 0 Å². The molecule has 1 heterocycles. The lowest BCUT2D eigenvalue weighted by Crippen LogP contribution is -2.36. The van der Waals surface area contributed by atoms with Crippen molar-refractivity contribution in [1.29, 1.82) is 5.26 Å². The number of ether oxygens (including phenoxy) is 1. The summed E-state index contributed by atoms with van der Waals surface area (Å²) >= 11 is 7.51. The smallest absolute Gasteiger partial charge is 0.416 e. The number of thioether (sulfide) groups is 1. The largest absolute Gasteiger partial charge is 0.486 e. The van der Waals surface area contributed by atoms with Gasteiger partial charge in [0, 0.05) is 11.3 Å². The monoisotopic (exact) mass is 693 g/mol. The van der Waals surface area contributed by atoms with Gasteiger partial charge in [-0.3, -0.25) is 19.3 Å². The third-order valence-corrected chi connectivity index (χ3v) is 7.56. The van der Waals surface area contributed by atoms with Gasteiger partial charge in [0.15, 0.2) is 0 Å². The van der Waals surface area contributed by atoms with Crippen molar-refractivity contribution in [3.05, 3.63) is 96.8 Å². The van der Waals surface area contributed by atoms with E-state index in [0.717, 1.165) is 18.2 Å². The van der Waals surface area contributed by atoms with E-state index in [4.69, 9.17) is 4.74 Å². The molecular weight excluding hydrogens is 679 g/mol. The van der Waals surface area contributed by atoms with Crippen molar-refractivity contribution in [3.63, 3.8) is 0 Å². The molecular formula is C27H16Br2F3N3O4S. The number of carbonyl (C=O) groups is 3. The van der Waals surface area contributed by atoms with Crippen molar-refractivity contribution >= 4 is 72.4 Å². The molecule has 1 aliphatic heterocycles. The number of nitriles is 1. The van der Waals surface area contributed by atoms with Crippen LogP contribution in [0.3, 0.4) is 0 Å². The predicted molar refractivity (Wildman–Crippen MR) is 150 cm³/mol. The van der Waals surface area contributed by atoms with Crippen LogP contribution in [0.1, 0.15) is 22.3 Å². The van der Waals surface area contributed by atoms with E-state index in [0.29, 0.717) is 48.0 Å². The minimum atomic E-state index is -4.59. The van der Waals surface area contributed by atoms with Crippen LogP contribution < -0.4 is 10.1 Å². The molecule has 3 aromatic rings. The Balaban J connectivity index is 1.44. The van der Waals surface area contributed by atoms with Crippen molar-refractivity contribution in [2.75, 3.05) is 11.9 Å². The highest BCUT2D eigenvalue weighted by molar-refractivity contribution is 9.11. The van der Waals surface area contributed by atoms with E-state index in [9.17, 15) is 32.8 Å². The molecule has 0 bridgehead atoms. The Kier molecular flexibility index (Phi) is 9.02. The summed E-state index contributed by atoms with van der Waals surface area (Å²) in [6.45, 7) is -0.523. The van der Waals surface area contributed by atoms with E-state index in [-0.39, 0.29) is 17.2 Å². The number of halogens is 5. The van der Waals surface area contributed by atoms with Crippen molar-refractivity contribution in [2.45, 2.75) is 12.8 Å². The van der Waals surface area contributed by atoms with Gasteiger partial charge in [-0.15, -0.1) is 0 Å². The van der Waals surface area contributed by atoms with Crippen LogP contribution in [0.25, 0.3) is 6.08 Å². The second-order valence-corrected chi connectivity index (χ2v) is 11.0. The van der Waals surface area contributed by atoms with E-state index in [1.807, 2.05) is 0 Å². The molecule has 40 heavy (non-hydrogen) atoms. The van der Waals surface area contributed by atoms with Crippen LogP contribution in [-0.4, -0.2) is 28.5 Å². The minimum Gasteiger partial charge on any atom is -0.486 e. The average molecular weight is 695 g/mol. The molecule has 1 N–H and O–H groups in total. The number of carbonyl (C=O) groups excluding carboxylic acids is 3. The van der Waals surface area contributed by atoms with Crippen LogP contribution in [-0.2, 0) is 22.4 Å². The number of hydrogen-bond acceptors (Lipinski definition) is 6. The first-order chi connectivity index (χ1) is 19.0. The Labute approximate surface area is 247 Å². The molecule has 0 aromatic heterocycles. The number of alkyl halides is 3. The number of rotatable bonds is 7. The van der Waals surface area contributed by atoms with Gasteiger partial charge in [0.05, 0.1) is 31.0 Å². The van der Waals surface area contributed by atoms with E-state index in [1.54, 1.807) is 36.4 Å². The Hall–Kier alpha value is -3.60. The topological polar surface area (TPSA) is 99.5 Å². The Bertz CT molecular complexity index is 1560. The number of hydrogen-bond donors (Lipinski definition) is 1. The van der Waals surface area contributed by atoms with Crippen LogP contribution >= 0.6 is 43.6 Å². The third-order valence-electron chi connectivity index (χ3n) is 5.48. The molecule has 4 rings (SSSR count). The summed E-state index contributed by atoms with van der Waals surface area (Å²) in [5.74, 6) is -1.08. The molecule has 0 saturated carbocycles. The molecule has 0 spiro atoms. The van der Waals surface area contributed by atoms with Crippen molar-refractivity contribution < 1.29 is 32.3 Å². The lowest BCUT2D eigenvalue weighted by atomic mass is 10.1. The lowest BCUT2D eigenvalue weighted by molar-refractivity contribution is -0.137. The summed E-state index contributed by atoms with van der Waals surface area (Å²) in [4.78, 5) is 38.5. The molecule has 1 saturated heterocycles. The van der Waals surface area contributed by atoms with E-state index < -0.39 is 35.3 Å². The van der Waals surface area contributed by atoms with Crippen LogP contribution in [0.5, 0.6) is 5.75 Å². The van der Waals surface area contributed by atoms with Gasteiger partial charge in [0.25, 0.3) is 11.1 Å². The van der Waals surface area contributed by atoms with Crippen molar-refractivity contribution in [1.82, 2.24) is 4.90 Å². The van der Waals surface area contributed by atoms with Crippen molar-refractivity contribution in [3.8, 4) is 11.8 Å². The van der Waals surface area contributed by atoms with Gasteiger partial charge in [-0.05, 0) is 91.7 Å². The van der Waals surface area contributed by atoms with Gasteiger partial charge in [-0.25, -0.2) is 0 Å². The zero-order chi connectivity index (χ0) is 29.0. The molecule has 204 valence electrons. The third kappa shape index (κ3) is 6.93. The summed E-state index contributed by atoms with van der Waals surface area (Å²) in [6.07, 6.45) is -3.12. The fourth-order valence-corrected chi connectivity index (χ4v) is 5.90. The molecule has 3 aromatic carbocycles. The Morgan fingerprint density at radius 2 is 1.77 bits per heavy atom. The first-order valence-corrected chi connectivity index (χ1v) is 13.7. The second kappa shape index (κ2) is 12.3. The maximum atomic E-state index is 12.9. The highest BCUT2D eigenvalue weighted by Gasteiger charge is 2.36. The summed E-state index contributed by atoms with van der Waals surface area (Å²) in [5.41, 5.74) is 0.683. The fourth-order valence-electron chi connectivity index (χ4n) is 3.61. The summed E-state index contributed by atoms with van der Waals surface area (Å²) in [5, 5.41) is 10.9. The molecule has 0 radical (unpaired) electrons. The number of nitrogens with one attached hydrogen (secondary N) is 1. The normalized spacial score (nSPS) is 14.4. The first-order valence-electron chi connectivity index (χ1n) is 11.3. The van der Waals surface area contributed by atoms with Gasteiger partial charge in [0.2, 0.25) is 5.91 Å². The van der Waals surface area contributed by atoms with E-state index in [2.05, 4.69) is 43.2 Å². The number of amides is 3. The van der Waals surface area contributed by atoms with Crippen LogP contribution in [0, 0.1) is 11.3 Å². The van der Waals surface area contributed by atoms with Crippen LogP contribution in [0.15, 0.2) is 74.5 Å². The zero-order valence-electron chi connectivity index (χ0n) is 20.1. The lowest BCUT2D eigenvalue weighted by Gasteiger charge is -2.14. The maximum Gasteiger partial charge on any atom is 0.416 e. The highest BCUT2D eigenvalue weighted by atomic mass is 79.9. The van der Waals surface area contributed by atoms with Gasteiger partial charge in [-0.1, -0.05) is 24.3 Å². The fraction of sp³-hybridized carbons (Fsp3) is 0.111. The van der Waals surface area contributed by atoms with Gasteiger partial charge in [-0.2, -0.15) is 18.4 Å². The maximum absolute atomic E-state index is 12.9. The summed E-state index contributed by atoms with van der Waals surface area (Å²) in [6, 6.07) is 16.5. The van der Waals surface area contributed by atoms with Crippen LogP contribution in [0.2, 0.25) is 0 Å². The standard InChI is InChI=1S/C27H16Br2F3N3O4S/c28-20-8-15(9-21(29)24(20)39-14-17-5-2-1-4-16(17)12-33)10-22-25(37)35(26(38)40-22)13-23(36)34-19-7-3-6-18(11-19)27(30,31)32/h1-11H,13-14H2,(H,34,36)/b22-10-. The molecule has 1 aliphatic rings. The molecule has 0 atom stereocenters. The zero-order valence-corrected chi connectivity index (χ0v) is 24.1. The molecule has 13 heteroatoms.